The van der Waals surface area contributed by atoms with E-state index in [2.05, 4.69) is 42.9 Å². The Morgan fingerprint density at radius 3 is 2.79 bits per heavy atom. The zero-order chi connectivity index (χ0) is 27.1. The Bertz CT molecular complexity index is 1330. The lowest BCUT2D eigenvalue weighted by Crippen LogP contribution is -2.29. The minimum atomic E-state index is -0.559. The van der Waals surface area contributed by atoms with E-state index in [4.69, 9.17) is 19.3 Å². The number of hydrogen-bond acceptors (Lipinski definition) is 8. The molecule has 3 aromatic rings. The minimum Gasteiger partial charge on any atom is -0.493 e. The van der Waals surface area contributed by atoms with E-state index in [0.717, 1.165) is 29.7 Å². The Labute approximate surface area is 228 Å². The molecule has 0 radical (unpaired) electrons. The van der Waals surface area contributed by atoms with Crippen molar-refractivity contribution < 1.29 is 19.0 Å². The average molecular weight is 535 g/mol. The van der Waals surface area contributed by atoms with Gasteiger partial charge in [0.05, 0.1) is 12.7 Å². The van der Waals surface area contributed by atoms with Crippen LogP contribution in [-0.2, 0) is 16.1 Å². The van der Waals surface area contributed by atoms with E-state index < -0.39 is 12.0 Å². The van der Waals surface area contributed by atoms with Gasteiger partial charge in [-0.15, -0.1) is 5.10 Å². The smallest absolute Gasteiger partial charge is 0.338 e. The van der Waals surface area contributed by atoms with Crippen molar-refractivity contribution in [2.24, 2.45) is 0 Å². The second-order valence-corrected chi connectivity index (χ2v) is 10.1. The van der Waals surface area contributed by atoms with E-state index in [1.807, 2.05) is 37.3 Å². The van der Waals surface area contributed by atoms with Gasteiger partial charge in [0.15, 0.2) is 11.5 Å². The summed E-state index contributed by atoms with van der Waals surface area (Å²) in [6.07, 6.45) is 3.72. The standard InChI is InChI=1S/C29H34N4O4S/c1-6-8-15-38-29-31-28-30-20(4)25(27(34)36-14-7-2)26(33(28)32-29)22-12-13-23(24(17-22)35-5)37-18-21-11-9-10-19(3)16-21/h7,9-13,16-17,26H,2,6,8,14-15,18H2,1,3-5H3,(H,30,31,32). The van der Waals surface area contributed by atoms with Crippen LogP contribution in [0.2, 0.25) is 0 Å². The summed E-state index contributed by atoms with van der Waals surface area (Å²) >= 11 is 1.60. The van der Waals surface area contributed by atoms with E-state index in [-0.39, 0.29) is 6.61 Å². The predicted molar refractivity (Wildman–Crippen MR) is 150 cm³/mol. The summed E-state index contributed by atoms with van der Waals surface area (Å²) in [5, 5.41) is 8.65. The van der Waals surface area contributed by atoms with Crippen molar-refractivity contribution in [3.8, 4) is 11.5 Å². The van der Waals surface area contributed by atoms with Gasteiger partial charge < -0.3 is 19.5 Å². The fourth-order valence-corrected chi connectivity index (χ4v) is 5.13. The normalized spacial score (nSPS) is 14.5. The van der Waals surface area contributed by atoms with Gasteiger partial charge in [0.2, 0.25) is 11.1 Å². The SMILES string of the molecule is C=CCOC(=O)C1=C(C)Nc2nc(SCCCC)nn2C1c1ccc(OCc2cccc(C)c2)c(OC)c1. The monoisotopic (exact) mass is 534 g/mol. The van der Waals surface area contributed by atoms with E-state index in [0.29, 0.717) is 40.5 Å². The molecular weight excluding hydrogens is 500 g/mol. The van der Waals surface area contributed by atoms with Crippen LogP contribution in [0.15, 0.2) is 71.5 Å². The molecule has 9 heteroatoms. The number of thioether (sulfide) groups is 1. The first kappa shape index (κ1) is 27.3. The summed E-state index contributed by atoms with van der Waals surface area (Å²) in [6.45, 7) is 10.2. The van der Waals surface area contributed by atoms with Crippen LogP contribution in [0.25, 0.3) is 0 Å². The molecule has 0 bridgehead atoms. The number of rotatable bonds is 12. The molecule has 38 heavy (non-hydrogen) atoms. The van der Waals surface area contributed by atoms with Crippen molar-refractivity contribution >= 4 is 23.7 Å². The van der Waals surface area contributed by atoms with Crippen LogP contribution in [0.5, 0.6) is 11.5 Å². The first-order chi connectivity index (χ1) is 18.4. The number of unbranched alkanes of at least 4 members (excludes halogenated alkanes) is 1. The molecule has 1 aliphatic rings. The molecule has 8 nitrogen and oxygen atoms in total. The van der Waals surface area contributed by atoms with Gasteiger partial charge in [-0.2, -0.15) is 4.98 Å². The topological polar surface area (TPSA) is 87.5 Å². The van der Waals surface area contributed by atoms with Crippen molar-refractivity contribution in [3.63, 3.8) is 0 Å². The third-order valence-electron chi connectivity index (χ3n) is 6.09. The Kier molecular flexibility index (Phi) is 9.12. The number of benzene rings is 2. The van der Waals surface area contributed by atoms with Gasteiger partial charge in [-0.3, -0.25) is 0 Å². The highest BCUT2D eigenvalue weighted by atomic mass is 32.2. The Morgan fingerprint density at radius 1 is 1.21 bits per heavy atom. The number of allylic oxidation sites excluding steroid dienone is 1. The summed E-state index contributed by atoms with van der Waals surface area (Å²) < 4.78 is 19.0. The van der Waals surface area contributed by atoms with E-state index in [9.17, 15) is 4.79 Å². The van der Waals surface area contributed by atoms with Crippen LogP contribution in [0.1, 0.15) is 49.4 Å². The summed E-state index contributed by atoms with van der Waals surface area (Å²) in [5.74, 6) is 2.22. The summed E-state index contributed by atoms with van der Waals surface area (Å²) in [7, 11) is 1.60. The molecule has 0 amide bonds. The lowest BCUT2D eigenvalue weighted by molar-refractivity contribution is -0.138. The molecule has 0 saturated carbocycles. The fourth-order valence-electron chi connectivity index (χ4n) is 4.22. The molecule has 1 atom stereocenters. The Hall–Kier alpha value is -3.72. The Morgan fingerprint density at radius 2 is 2.05 bits per heavy atom. The molecule has 0 spiro atoms. The maximum Gasteiger partial charge on any atom is 0.338 e. The number of aryl methyl sites for hydroxylation is 1. The van der Waals surface area contributed by atoms with Crippen molar-refractivity contribution in [1.29, 1.82) is 0 Å². The number of fused-ring (bicyclic) bond motifs is 1. The molecule has 1 N–H and O–H groups in total. The zero-order valence-electron chi connectivity index (χ0n) is 22.3. The number of ether oxygens (including phenoxy) is 3. The van der Waals surface area contributed by atoms with Crippen LogP contribution in [0, 0.1) is 6.92 Å². The number of methoxy groups -OCH3 is 1. The van der Waals surface area contributed by atoms with E-state index in [1.54, 1.807) is 29.6 Å². The molecule has 1 unspecified atom stereocenters. The second kappa shape index (κ2) is 12.7. The Balaban J connectivity index is 1.69. The maximum absolute atomic E-state index is 13.2. The molecule has 1 aliphatic heterocycles. The molecule has 2 aromatic carbocycles. The fraction of sp³-hybridized carbons (Fsp3) is 0.345. The zero-order valence-corrected chi connectivity index (χ0v) is 23.1. The van der Waals surface area contributed by atoms with Crippen molar-refractivity contribution in [2.75, 3.05) is 24.8 Å². The summed E-state index contributed by atoms with van der Waals surface area (Å²) in [5.41, 5.74) is 4.15. The number of carbonyl (C=O) groups is 1. The highest BCUT2D eigenvalue weighted by Crippen LogP contribution is 2.40. The van der Waals surface area contributed by atoms with Gasteiger partial charge in [0, 0.05) is 11.4 Å². The quantitative estimate of drug-likeness (QED) is 0.129. The molecule has 1 aromatic heterocycles. The van der Waals surface area contributed by atoms with Crippen LogP contribution < -0.4 is 14.8 Å². The number of hydrogen-bond donors (Lipinski definition) is 1. The average Bonchev–Trinajstić information content (AvgIpc) is 3.32. The van der Waals surface area contributed by atoms with Gasteiger partial charge in [-0.25, -0.2) is 9.48 Å². The number of aromatic nitrogens is 3. The minimum absolute atomic E-state index is 0.111. The number of esters is 1. The van der Waals surface area contributed by atoms with Crippen LogP contribution in [0.3, 0.4) is 0 Å². The molecular formula is C29H34N4O4S. The second-order valence-electron chi connectivity index (χ2n) is 9.01. The molecule has 200 valence electrons. The van der Waals surface area contributed by atoms with Gasteiger partial charge >= 0.3 is 5.97 Å². The highest BCUT2D eigenvalue weighted by Gasteiger charge is 2.35. The van der Waals surface area contributed by atoms with Gasteiger partial charge in [-0.05, 0) is 43.5 Å². The molecule has 0 aliphatic carbocycles. The highest BCUT2D eigenvalue weighted by molar-refractivity contribution is 7.99. The maximum atomic E-state index is 13.2. The van der Waals surface area contributed by atoms with Crippen LogP contribution >= 0.6 is 11.8 Å². The van der Waals surface area contributed by atoms with Crippen LogP contribution in [0.4, 0.5) is 5.95 Å². The number of nitrogens with zero attached hydrogens (tertiary/aromatic N) is 3. The molecule has 0 saturated heterocycles. The van der Waals surface area contributed by atoms with Gasteiger partial charge in [0.1, 0.15) is 19.3 Å². The van der Waals surface area contributed by atoms with Crippen LogP contribution in [-0.4, -0.2) is 40.2 Å². The molecule has 4 rings (SSSR count). The lowest BCUT2D eigenvalue weighted by Gasteiger charge is -2.28. The molecule has 2 heterocycles. The summed E-state index contributed by atoms with van der Waals surface area (Å²) in [4.78, 5) is 17.9. The largest absolute Gasteiger partial charge is 0.493 e. The third kappa shape index (κ3) is 6.22. The van der Waals surface area contributed by atoms with Gasteiger partial charge in [0.25, 0.3) is 0 Å². The number of carbonyl (C=O) groups excluding carboxylic acids is 1. The van der Waals surface area contributed by atoms with E-state index >= 15 is 0 Å². The van der Waals surface area contributed by atoms with E-state index in [1.165, 1.54) is 5.56 Å². The third-order valence-corrected chi connectivity index (χ3v) is 7.02. The number of anilines is 1. The van der Waals surface area contributed by atoms with Crippen molar-refractivity contribution in [1.82, 2.24) is 14.8 Å². The lowest BCUT2D eigenvalue weighted by atomic mass is 9.95. The summed E-state index contributed by atoms with van der Waals surface area (Å²) in [6, 6.07) is 13.3. The van der Waals surface area contributed by atoms with Gasteiger partial charge in [-0.1, -0.05) is 73.7 Å². The van der Waals surface area contributed by atoms with Crippen molar-refractivity contribution in [3.05, 3.63) is 83.1 Å². The first-order valence-corrected chi connectivity index (χ1v) is 13.6. The van der Waals surface area contributed by atoms with Crippen molar-refractivity contribution in [2.45, 2.75) is 51.4 Å². The first-order valence-electron chi connectivity index (χ1n) is 12.7. The number of nitrogens with one attached hydrogen (secondary N) is 1. The molecule has 0 fully saturated rings. The predicted octanol–water partition coefficient (Wildman–Crippen LogP) is 6.08.